The molecule has 2 unspecified atom stereocenters. The lowest BCUT2D eigenvalue weighted by Crippen LogP contribution is -2.24. The molecule has 1 saturated heterocycles. The number of nitrogens with one attached hydrogen (secondary N) is 1. The molecule has 1 aromatic carbocycles. The second-order valence-electron chi connectivity index (χ2n) is 5.84. The third-order valence-electron chi connectivity index (χ3n) is 4.10. The predicted octanol–water partition coefficient (Wildman–Crippen LogP) is 4.27. The molecule has 1 heterocycles. The quantitative estimate of drug-likeness (QED) is 0.811. The molecule has 2 nitrogen and oxygen atoms in total. The largest absolute Gasteiger partial charge is 0.378 e. The highest BCUT2D eigenvalue weighted by Gasteiger charge is 2.21. The summed E-state index contributed by atoms with van der Waals surface area (Å²) in [6.07, 6.45) is 5.20. The van der Waals surface area contributed by atoms with Gasteiger partial charge in [0.05, 0.1) is 6.10 Å². The van der Waals surface area contributed by atoms with Gasteiger partial charge < -0.3 is 10.1 Å². The molecule has 1 N–H and O–H groups in total. The van der Waals surface area contributed by atoms with Crippen LogP contribution in [-0.4, -0.2) is 19.3 Å². The minimum absolute atomic E-state index is 0.0755. The van der Waals surface area contributed by atoms with Gasteiger partial charge in [0.15, 0.2) is 0 Å². The molecule has 1 aromatic rings. The summed E-state index contributed by atoms with van der Waals surface area (Å²) in [7, 11) is 0. The first-order chi connectivity index (χ1) is 10.1. The monoisotopic (exact) mass is 297 g/mol. The molecule has 0 aliphatic carbocycles. The van der Waals surface area contributed by atoms with E-state index in [4.69, 9.17) is 4.74 Å². The predicted molar refractivity (Wildman–Crippen MR) is 80.3 cm³/mol. The van der Waals surface area contributed by atoms with Gasteiger partial charge in [-0.3, -0.25) is 0 Å². The third kappa shape index (κ3) is 4.48. The van der Waals surface area contributed by atoms with Gasteiger partial charge >= 0.3 is 0 Å². The molecule has 0 bridgehead atoms. The fourth-order valence-electron chi connectivity index (χ4n) is 2.86. The van der Waals surface area contributed by atoms with Crippen LogP contribution in [0.2, 0.25) is 0 Å². The molecule has 0 saturated carbocycles. The number of hydrogen-bond acceptors (Lipinski definition) is 2. The van der Waals surface area contributed by atoms with Crippen molar-refractivity contribution in [3.63, 3.8) is 0 Å². The van der Waals surface area contributed by atoms with Gasteiger partial charge in [-0.25, -0.2) is 8.78 Å². The van der Waals surface area contributed by atoms with E-state index in [-0.39, 0.29) is 6.04 Å². The van der Waals surface area contributed by atoms with Gasteiger partial charge in [0.1, 0.15) is 11.6 Å². The number of halogens is 2. The van der Waals surface area contributed by atoms with Gasteiger partial charge in [-0.2, -0.15) is 0 Å². The smallest absolute Gasteiger partial charge is 0.130 e. The van der Waals surface area contributed by atoms with E-state index < -0.39 is 11.6 Å². The standard InChI is InChI=1S/C17H25F2NO/c1-3-8-20-17(7-6-13-5-4-9-21-13)14-10-12(2)15(18)11-16(14)19/h10-11,13,17,20H,3-9H2,1-2H3. The Morgan fingerprint density at radius 3 is 2.81 bits per heavy atom. The maximum absolute atomic E-state index is 14.1. The maximum atomic E-state index is 14.1. The second kappa shape index (κ2) is 7.85. The van der Waals surface area contributed by atoms with E-state index in [0.717, 1.165) is 51.3 Å². The van der Waals surface area contributed by atoms with Crippen molar-refractivity contribution >= 4 is 0 Å². The molecule has 1 fully saturated rings. The molecule has 2 rings (SSSR count). The second-order valence-corrected chi connectivity index (χ2v) is 5.84. The Balaban J connectivity index is 2.08. The van der Waals surface area contributed by atoms with Crippen molar-refractivity contribution in [2.75, 3.05) is 13.2 Å². The van der Waals surface area contributed by atoms with E-state index in [1.54, 1.807) is 13.0 Å². The zero-order valence-electron chi connectivity index (χ0n) is 12.9. The van der Waals surface area contributed by atoms with Gasteiger partial charge in [-0.15, -0.1) is 0 Å². The molecule has 1 aliphatic rings. The minimum Gasteiger partial charge on any atom is -0.378 e. The fourth-order valence-corrected chi connectivity index (χ4v) is 2.86. The van der Waals surface area contributed by atoms with Crippen molar-refractivity contribution in [1.82, 2.24) is 5.32 Å². The molecular weight excluding hydrogens is 272 g/mol. The number of benzene rings is 1. The van der Waals surface area contributed by atoms with Gasteiger partial charge in [0.25, 0.3) is 0 Å². The van der Waals surface area contributed by atoms with Crippen LogP contribution < -0.4 is 5.32 Å². The fraction of sp³-hybridized carbons (Fsp3) is 0.647. The van der Waals surface area contributed by atoms with Crippen molar-refractivity contribution < 1.29 is 13.5 Å². The van der Waals surface area contributed by atoms with Crippen molar-refractivity contribution in [2.24, 2.45) is 0 Å². The van der Waals surface area contributed by atoms with Gasteiger partial charge in [0.2, 0.25) is 0 Å². The number of ether oxygens (including phenoxy) is 1. The maximum Gasteiger partial charge on any atom is 0.130 e. The van der Waals surface area contributed by atoms with Crippen LogP contribution in [0.1, 0.15) is 56.2 Å². The van der Waals surface area contributed by atoms with E-state index in [1.807, 2.05) is 0 Å². The van der Waals surface area contributed by atoms with Crippen LogP contribution in [0.15, 0.2) is 12.1 Å². The van der Waals surface area contributed by atoms with Crippen LogP contribution in [0.5, 0.6) is 0 Å². The molecule has 2 atom stereocenters. The topological polar surface area (TPSA) is 21.3 Å². The lowest BCUT2D eigenvalue weighted by molar-refractivity contribution is 0.0994. The molecule has 0 aromatic heterocycles. The molecule has 0 amide bonds. The summed E-state index contributed by atoms with van der Waals surface area (Å²) < 4.78 is 33.2. The molecule has 0 spiro atoms. The zero-order chi connectivity index (χ0) is 15.2. The Kier molecular flexibility index (Phi) is 6.12. The summed E-state index contributed by atoms with van der Waals surface area (Å²) in [6.45, 7) is 5.42. The first-order valence-corrected chi connectivity index (χ1v) is 7.92. The number of rotatable bonds is 7. The highest BCUT2D eigenvalue weighted by atomic mass is 19.1. The average molecular weight is 297 g/mol. The highest BCUT2D eigenvalue weighted by molar-refractivity contribution is 5.28. The Bertz CT molecular complexity index is 458. The van der Waals surface area contributed by atoms with E-state index >= 15 is 0 Å². The van der Waals surface area contributed by atoms with E-state index in [9.17, 15) is 8.78 Å². The summed E-state index contributed by atoms with van der Waals surface area (Å²) in [5.41, 5.74) is 1.06. The Morgan fingerprint density at radius 1 is 1.33 bits per heavy atom. The Hall–Kier alpha value is -1.00. The van der Waals surface area contributed by atoms with E-state index in [1.165, 1.54) is 0 Å². The first-order valence-electron chi connectivity index (χ1n) is 7.92. The molecule has 1 aliphatic heterocycles. The van der Waals surface area contributed by atoms with Gasteiger partial charge in [-0.05, 0) is 57.2 Å². The van der Waals surface area contributed by atoms with Crippen molar-refractivity contribution in [3.05, 3.63) is 34.9 Å². The highest BCUT2D eigenvalue weighted by Crippen LogP contribution is 2.27. The van der Waals surface area contributed by atoms with Gasteiger partial charge in [-0.1, -0.05) is 6.92 Å². The summed E-state index contributed by atoms with van der Waals surface area (Å²) in [4.78, 5) is 0. The molecule has 0 radical (unpaired) electrons. The summed E-state index contributed by atoms with van der Waals surface area (Å²) in [5, 5.41) is 3.38. The molecular formula is C17H25F2NO. The molecule has 4 heteroatoms. The number of aryl methyl sites for hydroxylation is 1. The lowest BCUT2D eigenvalue weighted by Gasteiger charge is -2.22. The minimum atomic E-state index is -0.482. The van der Waals surface area contributed by atoms with Crippen LogP contribution in [0.25, 0.3) is 0 Å². The van der Waals surface area contributed by atoms with E-state index in [0.29, 0.717) is 17.2 Å². The Labute approximate surface area is 125 Å². The van der Waals surface area contributed by atoms with Crippen LogP contribution in [-0.2, 0) is 4.74 Å². The normalized spacial score (nSPS) is 19.9. The lowest BCUT2D eigenvalue weighted by atomic mass is 9.97. The summed E-state index contributed by atoms with van der Waals surface area (Å²) in [6, 6.07) is 2.55. The van der Waals surface area contributed by atoms with Crippen molar-refractivity contribution in [2.45, 2.75) is 58.1 Å². The molecule has 118 valence electrons. The van der Waals surface area contributed by atoms with Gasteiger partial charge in [0, 0.05) is 24.3 Å². The van der Waals surface area contributed by atoms with Crippen LogP contribution in [0.3, 0.4) is 0 Å². The zero-order valence-corrected chi connectivity index (χ0v) is 12.9. The van der Waals surface area contributed by atoms with Crippen LogP contribution in [0.4, 0.5) is 8.78 Å². The average Bonchev–Trinajstić information content (AvgIpc) is 2.97. The van der Waals surface area contributed by atoms with Crippen molar-refractivity contribution in [1.29, 1.82) is 0 Å². The molecule has 21 heavy (non-hydrogen) atoms. The third-order valence-corrected chi connectivity index (χ3v) is 4.10. The first kappa shape index (κ1) is 16.4. The Morgan fingerprint density at radius 2 is 2.14 bits per heavy atom. The van der Waals surface area contributed by atoms with Crippen LogP contribution in [0, 0.1) is 18.6 Å². The van der Waals surface area contributed by atoms with Crippen molar-refractivity contribution in [3.8, 4) is 0 Å². The van der Waals surface area contributed by atoms with Crippen LogP contribution >= 0.6 is 0 Å². The number of hydrogen-bond donors (Lipinski definition) is 1. The summed E-state index contributed by atoms with van der Waals surface area (Å²) in [5.74, 6) is -0.941. The van der Waals surface area contributed by atoms with E-state index in [2.05, 4.69) is 12.2 Å². The SMILES string of the molecule is CCCNC(CCC1CCCO1)c1cc(C)c(F)cc1F. The summed E-state index contributed by atoms with van der Waals surface area (Å²) >= 11 is 0.